The lowest BCUT2D eigenvalue weighted by Crippen LogP contribution is -2.36. The number of rotatable bonds is 7. The topological polar surface area (TPSA) is 41.1 Å². The van der Waals surface area contributed by atoms with Crippen LogP contribution in [0.25, 0.3) is 0 Å². The molecule has 3 heteroatoms. The van der Waals surface area contributed by atoms with E-state index in [9.17, 15) is 4.79 Å². The van der Waals surface area contributed by atoms with Gasteiger partial charge in [0.25, 0.3) is 0 Å². The van der Waals surface area contributed by atoms with Crippen LogP contribution < -0.4 is 10.6 Å². The molecule has 3 nitrogen and oxygen atoms in total. The molecule has 0 atom stereocenters. The minimum atomic E-state index is 0.228. The first-order chi connectivity index (χ1) is 10.3. The van der Waals surface area contributed by atoms with Crippen LogP contribution in [0.5, 0.6) is 0 Å². The van der Waals surface area contributed by atoms with Gasteiger partial charge in [-0.2, -0.15) is 0 Å². The first-order valence-corrected chi connectivity index (χ1v) is 9.02. The number of carbonyl (C=O) groups excluding carboxylic acids is 1. The molecule has 0 heterocycles. The van der Waals surface area contributed by atoms with Gasteiger partial charge in [-0.15, -0.1) is 0 Å². The number of nitrogens with one attached hydrogen (secondary N) is 2. The minimum Gasteiger partial charge on any atom is -0.353 e. The van der Waals surface area contributed by atoms with Gasteiger partial charge in [0.15, 0.2) is 0 Å². The summed E-state index contributed by atoms with van der Waals surface area (Å²) in [6.07, 6.45) is 17.0. The summed E-state index contributed by atoms with van der Waals surface area (Å²) >= 11 is 0. The van der Waals surface area contributed by atoms with Gasteiger partial charge in [-0.25, -0.2) is 0 Å². The monoisotopic (exact) mass is 292 g/mol. The van der Waals surface area contributed by atoms with Crippen LogP contribution in [-0.2, 0) is 4.79 Å². The van der Waals surface area contributed by atoms with E-state index < -0.39 is 0 Å². The summed E-state index contributed by atoms with van der Waals surface area (Å²) < 4.78 is 0. The van der Waals surface area contributed by atoms with E-state index in [0.29, 0.717) is 12.5 Å². The molecule has 1 amide bonds. The quantitative estimate of drug-likeness (QED) is 0.427. The summed E-state index contributed by atoms with van der Waals surface area (Å²) in [7, 11) is 0. The Kier molecular flexibility index (Phi) is 7.87. The van der Waals surface area contributed by atoms with E-state index in [1.165, 1.54) is 64.2 Å². The number of carbonyl (C=O) groups is 1. The van der Waals surface area contributed by atoms with E-state index in [1.807, 2.05) is 0 Å². The Bertz CT molecular complexity index is 330. The molecule has 0 aromatic rings. The lowest BCUT2D eigenvalue weighted by atomic mass is 9.97. The zero-order chi connectivity index (χ0) is 14.8. The molecular formula is C18H32N2O. The second kappa shape index (κ2) is 9.99. The third-order valence-electron chi connectivity index (χ3n) is 4.76. The average molecular weight is 292 g/mol. The Morgan fingerprint density at radius 3 is 2.57 bits per heavy atom. The van der Waals surface area contributed by atoms with Gasteiger partial charge < -0.3 is 10.6 Å². The van der Waals surface area contributed by atoms with Crippen LogP contribution in [0.15, 0.2) is 11.6 Å². The molecule has 1 saturated carbocycles. The standard InChI is InChI=1S/C18H32N2O/c21-18(20-17-10-6-1-2-7-11-17)13-15-19-14-12-16-8-4-3-5-9-16/h8,17,19H,1-7,9-15H2,(H,20,21). The summed E-state index contributed by atoms with van der Waals surface area (Å²) in [4.78, 5) is 11.9. The van der Waals surface area contributed by atoms with Crippen molar-refractivity contribution >= 4 is 5.91 Å². The first-order valence-electron chi connectivity index (χ1n) is 9.02. The van der Waals surface area contributed by atoms with Crippen LogP contribution in [0, 0.1) is 0 Å². The number of hydrogen-bond donors (Lipinski definition) is 2. The Balaban J connectivity index is 1.49. The largest absolute Gasteiger partial charge is 0.353 e. The third kappa shape index (κ3) is 7.12. The van der Waals surface area contributed by atoms with Gasteiger partial charge >= 0.3 is 0 Å². The molecule has 1 fully saturated rings. The second-order valence-electron chi connectivity index (χ2n) is 6.61. The maximum Gasteiger partial charge on any atom is 0.221 e. The molecule has 2 aliphatic carbocycles. The van der Waals surface area contributed by atoms with Gasteiger partial charge in [0, 0.05) is 19.0 Å². The van der Waals surface area contributed by atoms with E-state index in [0.717, 1.165) is 19.5 Å². The van der Waals surface area contributed by atoms with Crippen molar-refractivity contribution in [3.63, 3.8) is 0 Å². The van der Waals surface area contributed by atoms with Crippen LogP contribution in [-0.4, -0.2) is 25.0 Å². The molecular weight excluding hydrogens is 260 g/mol. The van der Waals surface area contributed by atoms with E-state index in [4.69, 9.17) is 0 Å². The Morgan fingerprint density at radius 2 is 1.86 bits per heavy atom. The summed E-state index contributed by atoms with van der Waals surface area (Å²) in [5.41, 5.74) is 1.61. The molecule has 0 unspecified atom stereocenters. The van der Waals surface area contributed by atoms with Crippen molar-refractivity contribution in [3.05, 3.63) is 11.6 Å². The maximum absolute atomic E-state index is 11.9. The fourth-order valence-electron chi connectivity index (χ4n) is 3.43. The molecule has 21 heavy (non-hydrogen) atoms. The molecule has 120 valence electrons. The predicted molar refractivity (Wildman–Crippen MR) is 88.3 cm³/mol. The number of hydrogen-bond acceptors (Lipinski definition) is 2. The van der Waals surface area contributed by atoms with Gasteiger partial charge in [-0.3, -0.25) is 4.79 Å². The smallest absolute Gasteiger partial charge is 0.221 e. The number of allylic oxidation sites excluding steroid dienone is 1. The molecule has 0 radical (unpaired) electrons. The van der Waals surface area contributed by atoms with Crippen molar-refractivity contribution in [2.24, 2.45) is 0 Å². The molecule has 0 aromatic carbocycles. The summed E-state index contributed by atoms with van der Waals surface area (Å²) in [6.45, 7) is 1.83. The molecule has 0 saturated heterocycles. The van der Waals surface area contributed by atoms with Crippen molar-refractivity contribution in [2.75, 3.05) is 13.1 Å². The van der Waals surface area contributed by atoms with Crippen molar-refractivity contribution in [1.29, 1.82) is 0 Å². The third-order valence-corrected chi connectivity index (χ3v) is 4.76. The molecule has 0 bridgehead atoms. The molecule has 0 spiro atoms. The highest BCUT2D eigenvalue weighted by atomic mass is 16.1. The first kappa shape index (κ1) is 16.5. The van der Waals surface area contributed by atoms with Crippen LogP contribution in [0.3, 0.4) is 0 Å². The van der Waals surface area contributed by atoms with Crippen LogP contribution in [0.1, 0.15) is 77.0 Å². The normalized spacial score (nSPS) is 20.7. The molecule has 2 N–H and O–H groups in total. The zero-order valence-corrected chi connectivity index (χ0v) is 13.5. The SMILES string of the molecule is O=C(CCNCCC1=CCCCC1)NC1CCCCCC1. The Morgan fingerprint density at radius 1 is 1.05 bits per heavy atom. The van der Waals surface area contributed by atoms with Gasteiger partial charge in [-0.1, -0.05) is 37.3 Å². The summed E-state index contributed by atoms with van der Waals surface area (Å²) in [5, 5.41) is 6.62. The lowest BCUT2D eigenvalue weighted by Gasteiger charge is -2.16. The summed E-state index contributed by atoms with van der Waals surface area (Å²) in [5.74, 6) is 0.228. The van der Waals surface area contributed by atoms with Gasteiger partial charge in [0.05, 0.1) is 0 Å². The van der Waals surface area contributed by atoms with Crippen LogP contribution in [0.4, 0.5) is 0 Å². The van der Waals surface area contributed by atoms with Crippen molar-refractivity contribution in [1.82, 2.24) is 10.6 Å². The van der Waals surface area contributed by atoms with E-state index >= 15 is 0 Å². The maximum atomic E-state index is 11.9. The molecule has 0 aliphatic heterocycles. The van der Waals surface area contributed by atoms with E-state index in [2.05, 4.69) is 16.7 Å². The highest BCUT2D eigenvalue weighted by molar-refractivity contribution is 5.76. The summed E-state index contributed by atoms with van der Waals surface area (Å²) in [6, 6.07) is 0.437. The molecule has 2 rings (SSSR count). The van der Waals surface area contributed by atoms with Crippen molar-refractivity contribution < 1.29 is 4.79 Å². The molecule has 2 aliphatic rings. The fourth-order valence-corrected chi connectivity index (χ4v) is 3.43. The van der Waals surface area contributed by atoms with Crippen molar-refractivity contribution in [3.8, 4) is 0 Å². The number of amides is 1. The van der Waals surface area contributed by atoms with Crippen molar-refractivity contribution in [2.45, 2.75) is 83.1 Å². The van der Waals surface area contributed by atoms with Gasteiger partial charge in [0.1, 0.15) is 0 Å². The Hall–Kier alpha value is -0.830. The average Bonchev–Trinajstić information content (AvgIpc) is 2.76. The van der Waals surface area contributed by atoms with Gasteiger partial charge in [-0.05, 0) is 51.5 Å². The van der Waals surface area contributed by atoms with Gasteiger partial charge in [0.2, 0.25) is 5.91 Å². The second-order valence-corrected chi connectivity index (χ2v) is 6.61. The highest BCUT2D eigenvalue weighted by Gasteiger charge is 2.14. The van der Waals surface area contributed by atoms with Crippen LogP contribution in [0.2, 0.25) is 0 Å². The van der Waals surface area contributed by atoms with E-state index in [-0.39, 0.29) is 5.91 Å². The van der Waals surface area contributed by atoms with E-state index in [1.54, 1.807) is 5.57 Å². The zero-order valence-electron chi connectivity index (χ0n) is 13.5. The fraction of sp³-hybridized carbons (Fsp3) is 0.833. The lowest BCUT2D eigenvalue weighted by molar-refractivity contribution is -0.121. The highest BCUT2D eigenvalue weighted by Crippen LogP contribution is 2.19. The predicted octanol–water partition coefficient (Wildman–Crippen LogP) is 3.70. The molecule has 0 aromatic heterocycles. The Labute approximate surface area is 130 Å². The minimum absolute atomic E-state index is 0.228. The van der Waals surface area contributed by atoms with Crippen LogP contribution >= 0.6 is 0 Å².